The van der Waals surface area contributed by atoms with Crippen LogP contribution in [0.15, 0.2) is 54.6 Å². The van der Waals surface area contributed by atoms with Crippen molar-refractivity contribution in [2.24, 2.45) is 0 Å². The predicted molar refractivity (Wildman–Crippen MR) is 397 cm³/mol. The Bertz CT molecular complexity index is 1960. The number of hydrogen-bond acceptors (Lipinski definition) is 0. The molecule has 0 spiro atoms. The Kier molecular flexibility index (Phi) is 31.7. The Morgan fingerprint density at radius 1 is 0.195 bits per heavy atom. The van der Waals surface area contributed by atoms with E-state index < -0.39 is 48.4 Å². The van der Waals surface area contributed by atoms with Crippen LogP contribution in [0.5, 0.6) is 0 Å². The van der Waals surface area contributed by atoms with Gasteiger partial charge in [0, 0.05) is 24.2 Å². The van der Waals surface area contributed by atoms with Crippen molar-refractivity contribution < 1.29 is 17.4 Å². The molecule has 471 valence electrons. The van der Waals surface area contributed by atoms with Crippen LogP contribution in [0.3, 0.4) is 0 Å². The van der Waals surface area contributed by atoms with Gasteiger partial charge in [-0.15, -0.1) is 33.8 Å². The van der Waals surface area contributed by atoms with E-state index in [0.29, 0.717) is 0 Å². The molecule has 0 amide bonds. The molecule has 0 aliphatic heterocycles. The minimum Gasteiger partial charge on any atom is -0.199 e. The van der Waals surface area contributed by atoms with Crippen molar-refractivity contribution in [1.82, 2.24) is 0 Å². The van der Waals surface area contributed by atoms with Crippen LogP contribution < -0.4 is 31.1 Å². The van der Waals surface area contributed by atoms with Crippen molar-refractivity contribution in [3.63, 3.8) is 0 Å². The first-order valence-corrected chi connectivity index (χ1v) is 47.2. The van der Waals surface area contributed by atoms with E-state index in [0.717, 1.165) is 99.7 Å². The fourth-order valence-corrected chi connectivity index (χ4v) is 67.0. The zero-order valence-corrected chi connectivity index (χ0v) is 68.9. The van der Waals surface area contributed by atoms with Crippen LogP contribution in [0.4, 0.5) is 0 Å². The van der Waals surface area contributed by atoms with Crippen molar-refractivity contribution in [3.8, 4) is 0 Å². The second-order valence-electron chi connectivity index (χ2n) is 31.9. The van der Waals surface area contributed by atoms with Crippen molar-refractivity contribution in [3.05, 3.63) is 92.1 Å². The first-order valence-electron chi connectivity index (χ1n) is 33.8. The number of rotatable bonds is 24. The molecular weight excluding hydrogens is 1120 g/mol. The summed E-state index contributed by atoms with van der Waals surface area (Å²) in [5.74, 6) is 0. The summed E-state index contributed by atoms with van der Waals surface area (Å²) >= 11 is 0. The Morgan fingerprint density at radius 3 is 0.402 bits per heavy atom. The molecule has 0 aliphatic carbocycles. The van der Waals surface area contributed by atoms with E-state index >= 15 is 0 Å². The molecule has 0 saturated carbocycles. The monoisotopic (exact) mass is 1260 g/mol. The van der Waals surface area contributed by atoms with E-state index in [1.165, 1.54) is 16.7 Å². The zero-order valence-electron chi connectivity index (χ0n) is 61.6. The summed E-state index contributed by atoms with van der Waals surface area (Å²) < 4.78 is 0. The molecule has 0 unspecified atom stereocenters. The van der Waals surface area contributed by atoms with Gasteiger partial charge in [0.1, 0.15) is 0 Å². The molecule has 3 aromatic carbocycles. The molecule has 0 aromatic heterocycles. The molecule has 0 N–H and O–H groups in total. The maximum Gasteiger partial charge on any atom is 3.00 e. The first kappa shape index (κ1) is 81.1. The fraction of sp³-hybridized carbons (Fsp3) is 0.720. The average Bonchev–Trinajstić information content (AvgIpc) is 3.28. The molecule has 82 heavy (non-hydrogen) atoms. The van der Waals surface area contributed by atoms with Gasteiger partial charge in [-0.3, -0.25) is 0 Å². The topological polar surface area (TPSA) is 0 Å². The van der Waals surface area contributed by atoms with Gasteiger partial charge in [-0.1, -0.05) is 317 Å². The SMILES string of the molecule is [CH2-]c1cccc([Si](C(C)C)(C(C)C)C(C)C)c1[Si](C(C)C)(C(C)C)C(C)C.[CH2-]c1cccc([Si](C(C)C)(C(C)C)C(C)C)c1[Si](C(C)C)(C(C)C)C(C)C.[CH2-]c1cccc([Si](C(C)C)(C(C)C)C(C)C)c1[Si](C(C)C)(C(C)C)C(C)C.[Cr+3]. The van der Waals surface area contributed by atoms with Crippen molar-refractivity contribution in [1.29, 1.82) is 0 Å². The molecular formula is C75H141CrSi6. The maximum atomic E-state index is 4.64. The minimum absolute atomic E-state index is 0. The molecule has 1 radical (unpaired) electrons. The van der Waals surface area contributed by atoms with E-state index in [-0.39, 0.29) is 17.4 Å². The third kappa shape index (κ3) is 14.1. The summed E-state index contributed by atoms with van der Waals surface area (Å²) in [6.07, 6.45) is 0. The first-order chi connectivity index (χ1) is 36.9. The van der Waals surface area contributed by atoms with Gasteiger partial charge in [-0.25, -0.2) is 0 Å². The Hall–Kier alpha value is -0.896. The Morgan fingerprint density at radius 2 is 0.305 bits per heavy atom. The summed E-state index contributed by atoms with van der Waals surface area (Å²) in [6.45, 7) is 104. The Labute approximate surface area is 534 Å². The third-order valence-electron chi connectivity index (χ3n) is 23.3. The Balaban J connectivity index is 0.00000119. The summed E-state index contributed by atoms with van der Waals surface area (Å²) in [4.78, 5) is 0. The molecule has 0 fully saturated rings. The van der Waals surface area contributed by atoms with Crippen LogP contribution in [-0.2, 0) is 17.4 Å². The molecule has 3 rings (SSSR count). The zero-order chi connectivity index (χ0) is 64.0. The standard InChI is InChI=1S/3C25H47Si2.Cr/c3*1-17(2)26(18(3)4,19(5)6)24-16-14-15-23(13)25(24)27(20(7)8,21(9)10)22(11)12;/h3*14-22H,13H2,1-12H3;/q3*-1;+3. The van der Waals surface area contributed by atoms with Gasteiger partial charge in [0.05, 0.1) is 24.2 Å². The van der Waals surface area contributed by atoms with E-state index in [4.69, 9.17) is 0 Å². The maximum absolute atomic E-state index is 4.64. The second kappa shape index (κ2) is 32.0. The molecule has 7 heteroatoms. The quantitative estimate of drug-likeness (QED) is 0.0619. The van der Waals surface area contributed by atoms with Gasteiger partial charge in [0.15, 0.2) is 0 Å². The van der Waals surface area contributed by atoms with Gasteiger partial charge in [0.2, 0.25) is 0 Å². The van der Waals surface area contributed by atoms with Crippen LogP contribution in [0, 0.1) is 20.8 Å². The largest absolute Gasteiger partial charge is 3.00 e. The minimum atomic E-state index is -1.77. The summed E-state index contributed by atoms with van der Waals surface area (Å²) in [5, 5.41) is 10.5. The molecule has 0 bridgehead atoms. The fourth-order valence-electron chi connectivity index (χ4n) is 21.8. The summed E-state index contributed by atoms with van der Waals surface area (Å²) in [7, 11) is -10.5. The molecule has 0 atom stereocenters. The normalized spacial score (nSPS) is 13.7. The van der Waals surface area contributed by atoms with Crippen LogP contribution in [0.25, 0.3) is 0 Å². The summed E-state index contributed by atoms with van der Waals surface area (Å²) in [5.41, 5.74) is 17.1. The summed E-state index contributed by atoms with van der Waals surface area (Å²) in [6, 6.07) is 21.4. The van der Waals surface area contributed by atoms with Crippen LogP contribution in [0.2, 0.25) is 99.7 Å². The van der Waals surface area contributed by atoms with Crippen LogP contribution >= 0.6 is 0 Å². The van der Waals surface area contributed by atoms with Crippen LogP contribution in [-0.4, -0.2) is 48.4 Å². The van der Waals surface area contributed by atoms with E-state index in [9.17, 15) is 0 Å². The molecule has 0 nitrogen and oxygen atoms in total. The van der Waals surface area contributed by atoms with Gasteiger partial charge < -0.3 is 0 Å². The van der Waals surface area contributed by atoms with Crippen LogP contribution in [0.1, 0.15) is 266 Å². The van der Waals surface area contributed by atoms with Gasteiger partial charge in [-0.2, -0.15) is 71.2 Å². The van der Waals surface area contributed by atoms with Gasteiger partial charge in [-0.05, 0) is 49.9 Å². The van der Waals surface area contributed by atoms with E-state index in [1.54, 1.807) is 31.1 Å². The second-order valence-corrected chi connectivity index (χ2v) is 67.0. The molecule has 0 heterocycles. The van der Waals surface area contributed by atoms with E-state index in [2.05, 4.69) is 325 Å². The predicted octanol–water partition coefficient (Wildman–Crippen LogP) is 22.9. The number of benzene rings is 3. The molecule has 3 aromatic rings. The molecule has 0 aliphatic rings. The van der Waals surface area contributed by atoms with Crippen molar-refractivity contribution in [2.75, 3.05) is 0 Å². The van der Waals surface area contributed by atoms with Crippen molar-refractivity contribution >= 4 is 79.6 Å². The third-order valence-corrected chi connectivity index (χ3v) is 66.9. The number of hydrogen-bond donors (Lipinski definition) is 0. The average molecular weight is 1260 g/mol. The van der Waals surface area contributed by atoms with Gasteiger partial charge >= 0.3 is 17.4 Å². The smallest absolute Gasteiger partial charge is 0.199 e. The van der Waals surface area contributed by atoms with Gasteiger partial charge in [0.25, 0.3) is 0 Å². The van der Waals surface area contributed by atoms with Crippen molar-refractivity contribution in [2.45, 2.75) is 349 Å². The molecule has 0 saturated heterocycles. The van der Waals surface area contributed by atoms with E-state index in [1.807, 2.05) is 0 Å².